The summed E-state index contributed by atoms with van der Waals surface area (Å²) >= 11 is 0. The Morgan fingerprint density at radius 1 is 1.18 bits per heavy atom. The van der Waals surface area contributed by atoms with Crippen LogP contribution in [0.2, 0.25) is 0 Å². The zero-order chi connectivity index (χ0) is 15.9. The topological polar surface area (TPSA) is 49.9 Å². The van der Waals surface area contributed by atoms with Crippen LogP contribution in [0.3, 0.4) is 0 Å². The predicted molar refractivity (Wildman–Crippen MR) is 85.4 cm³/mol. The van der Waals surface area contributed by atoms with Crippen molar-refractivity contribution in [2.24, 2.45) is 11.8 Å². The van der Waals surface area contributed by atoms with Crippen molar-refractivity contribution in [2.45, 2.75) is 51.0 Å². The van der Waals surface area contributed by atoms with Crippen LogP contribution in [0.25, 0.3) is 0 Å². The summed E-state index contributed by atoms with van der Waals surface area (Å²) in [6, 6.07) is -0.182. The monoisotopic (exact) mass is 310 g/mol. The van der Waals surface area contributed by atoms with Gasteiger partial charge < -0.3 is 4.74 Å². The maximum absolute atomic E-state index is 12.6. The molecule has 1 saturated heterocycles. The Morgan fingerprint density at radius 3 is 2.50 bits per heavy atom. The Labute approximate surface area is 134 Å². The van der Waals surface area contributed by atoms with Crippen molar-refractivity contribution in [1.82, 2.24) is 9.80 Å². The first-order valence-electron chi connectivity index (χ1n) is 8.61. The SMILES string of the molecule is CN(C=O)C(=O)C(CC1CCCCC1)N(C)CC1CCOC1. The molecule has 2 amide bonds. The summed E-state index contributed by atoms with van der Waals surface area (Å²) in [6.45, 7) is 2.49. The van der Waals surface area contributed by atoms with Crippen LogP contribution in [0.1, 0.15) is 44.9 Å². The van der Waals surface area contributed by atoms with Gasteiger partial charge in [-0.1, -0.05) is 32.1 Å². The van der Waals surface area contributed by atoms with Gasteiger partial charge in [-0.2, -0.15) is 0 Å². The second kappa shape index (κ2) is 8.63. The molecule has 5 nitrogen and oxygen atoms in total. The van der Waals surface area contributed by atoms with Gasteiger partial charge in [0.2, 0.25) is 12.3 Å². The van der Waals surface area contributed by atoms with E-state index in [0.717, 1.165) is 32.6 Å². The van der Waals surface area contributed by atoms with Gasteiger partial charge in [-0.3, -0.25) is 19.4 Å². The average molecular weight is 310 g/mol. The Kier molecular flexibility index (Phi) is 6.83. The minimum Gasteiger partial charge on any atom is -0.381 e. The second-order valence-corrected chi connectivity index (χ2v) is 6.98. The molecule has 5 heteroatoms. The number of imide groups is 1. The summed E-state index contributed by atoms with van der Waals surface area (Å²) in [4.78, 5) is 26.9. The van der Waals surface area contributed by atoms with Crippen LogP contribution in [0.5, 0.6) is 0 Å². The van der Waals surface area contributed by atoms with E-state index in [1.807, 2.05) is 7.05 Å². The lowest BCUT2D eigenvalue weighted by atomic mass is 9.84. The van der Waals surface area contributed by atoms with Crippen molar-refractivity contribution in [1.29, 1.82) is 0 Å². The van der Waals surface area contributed by atoms with Gasteiger partial charge in [-0.25, -0.2) is 0 Å². The summed E-state index contributed by atoms with van der Waals surface area (Å²) in [5.74, 6) is 1.06. The maximum atomic E-state index is 12.6. The second-order valence-electron chi connectivity index (χ2n) is 6.98. The van der Waals surface area contributed by atoms with Crippen LogP contribution < -0.4 is 0 Å². The number of hydrogen-bond donors (Lipinski definition) is 0. The van der Waals surface area contributed by atoms with Crippen molar-refractivity contribution in [3.05, 3.63) is 0 Å². The third-order valence-electron chi connectivity index (χ3n) is 5.17. The van der Waals surface area contributed by atoms with E-state index in [9.17, 15) is 9.59 Å². The third-order valence-corrected chi connectivity index (χ3v) is 5.17. The highest BCUT2D eigenvalue weighted by atomic mass is 16.5. The van der Waals surface area contributed by atoms with Crippen molar-refractivity contribution < 1.29 is 14.3 Å². The molecule has 0 spiro atoms. The van der Waals surface area contributed by atoms with Crippen LogP contribution in [0.15, 0.2) is 0 Å². The highest BCUT2D eigenvalue weighted by molar-refractivity contribution is 5.89. The fourth-order valence-electron chi connectivity index (χ4n) is 3.76. The first kappa shape index (κ1) is 17.4. The molecular weight excluding hydrogens is 280 g/mol. The van der Waals surface area contributed by atoms with Crippen molar-refractivity contribution >= 4 is 12.3 Å². The molecule has 0 aromatic rings. The van der Waals surface area contributed by atoms with E-state index in [1.165, 1.54) is 37.0 Å². The van der Waals surface area contributed by atoms with Crippen LogP contribution in [-0.2, 0) is 14.3 Å². The molecule has 2 unspecified atom stereocenters. The molecule has 1 aliphatic heterocycles. The Morgan fingerprint density at radius 2 is 1.91 bits per heavy atom. The van der Waals surface area contributed by atoms with Gasteiger partial charge in [0.25, 0.3) is 0 Å². The van der Waals surface area contributed by atoms with E-state index in [-0.39, 0.29) is 11.9 Å². The van der Waals surface area contributed by atoms with Crippen LogP contribution >= 0.6 is 0 Å². The van der Waals surface area contributed by atoms with Crippen molar-refractivity contribution in [3.8, 4) is 0 Å². The van der Waals surface area contributed by atoms with E-state index >= 15 is 0 Å². The maximum Gasteiger partial charge on any atom is 0.246 e. The standard InChI is InChI=1S/C17H30N2O3/c1-18(11-15-8-9-22-12-15)16(17(21)19(2)13-20)10-14-6-4-3-5-7-14/h13-16H,3-12H2,1-2H3. The highest BCUT2D eigenvalue weighted by Crippen LogP contribution is 2.29. The zero-order valence-electron chi connectivity index (χ0n) is 14.0. The van der Waals surface area contributed by atoms with Gasteiger partial charge in [-0.15, -0.1) is 0 Å². The molecule has 126 valence electrons. The summed E-state index contributed by atoms with van der Waals surface area (Å²) in [6.07, 6.45) is 8.87. The largest absolute Gasteiger partial charge is 0.381 e. The smallest absolute Gasteiger partial charge is 0.246 e. The summed E-state index contributed by atoms with van der Waals surface area (Å²) in [5.41, 5.74) is 0. The molecule has 1 aliphatic carbocycles. The summed E-state index contributed by atoms with van der Waals surface area (Å²) < 4.78 is 5.44. The number of ether oxygens (including phenoxy) is 1. The van der Waals surface area contributed by atoms with Gasteiger partial charge >= 0.3 is 0 Å². The molecular formula is C17H30N2O3. The number of amides is 2. The molecule has 0 bridgehead atoms. The molecule has 2 aliphatic rings. The predicted octanol–water partition coefficient (Wildman–Crippen LogP) is 1.91. The Hall–Kier alpha value is -0.940. The molecule has 22 heavy (non-hydrogen) atoms. The van der Waals surface area contributed by atoms with Gasteiger partial charge in [0.05, 0.1) is 12.6 Å². The third kappa shape index (κ3) is 4.78. The molecule has 1 heterocycles. The molecule has 0 aromatic carbocycles. The molecule has 0 aromatic heterocycles. The number of likely N-dealkylation sites (N-methyl/N-ethyl adjacent to an activating group) is 2. The van der Waals surface area contributed by atoms with Gasteiger partial charge in [0.15, 0.2) is 0 Å². The molecule has 2 atom stereocenters. The Balaban J connectivity index is 1.98. The van der Waals surface area contributed by atoms with Crippen molar-refractivity contribution in [3.63, 3.8) is 0 Å². The van der Waals surface area contributed by atoms with E-state index in [1.54, 1.807) is 7.05 Å². The average Bonchev–Trinajstić information content (AvgIpc) is 3.05. The van der Waals surface area contributed by atoms with Crippen LogP contribution in [-0.4, -0.2) is 62.0 Å². The quantitative estimate of drug-likeness (QED) is 0.674. The molecule has 1 saturated carbocycles. The van der Waals surface area contributed by atoms with E-state index in [2.05, 4.69) is 4.90 Å². The lowest BCUT2D eigenvalue weighted by molar-refractivity contribution is -0.141. The molecule has 0 N–H and O–H groups in total. The highest BCUT2D eigenvalue weighted by Gasteiger charge is 2.31. The molecule has 0 radical (unpaired) electrons. The molecule has 2 fully saturated rings. The lowest BCUT2D eigenvalue weighted by Crippen LogP contribution is -2.48. The van der Waals surface area contributed by atoms with Crippen LogP contribution in [0, 0.1) is 11.8 Å². The van der Waals surface area contributed by atoms with Gasteiger partial charge in [0, 0.05) is 20.2 Å². The van der Waals surface area contributed by atoms with Gasteiger partial charge in [0.1, 0.15) is 0 Å². The lowest BCUT2D eigenvalue weighted by Gasteiger charge is -2.34. The number of carbonyl (C=O) groups is 2. The first-order chi connectivity index (χ1) is 10.6. The summed E-state index contributed by atoms with van der Waals surface area (Å²) in [5, 5.41) is 0. The van der Waals surface area contributed by atoms with E-state index < -0.39 is 0 Å². The normalized spacial score (nSPS) is 24.4. The first-order valence-corrected chi connectivity index (χ1v) is 8.61. The minimum absolute atomic E-state index is 0.0676. The number of rotatable bonds is 7. The fourth-order valence-corrected chi connectivity index (χ4v) is 3.76. The fraction of sp³-hybridized carbons (Fsp3) is 0.882. The Bertz CT molecular complexity index is 363. The summed E-state index contributed by atoms with van der Waals surface area (Å²) in [7, 11) is 3.58. The zero-order valence-corrected chi connectivity index (χ0v) is 14.0. The number of hydrogen-bond acceptors (Lipinski definition) is 4. The van der Waals surface area contributed by atoms with Crippen molar-refractivity contribution in [2.75, 3.05) is 33.9 Å². The van der Waals surface area contributed by atoms with E-state index in [4.69, 9.17) is 4.74 Å². The number of carbonyl (C=O) groups excluding carboxylic acids is 2. The number of nitrogens with zero attached hydrogens (tertiary/aromatic N) is 2. The molecule has 2 rings (SSSR count). The van der Waals surface area contributed by atoms with Crippen LogP contribution in [0.4, 0.5) is 0 Å². The minimum atomic E-state index is -0.182. The van der Waals surface area contributed by atoms with E-state index in [0.29, 0.717) is 18.2 Å². The van der Waals surface area contributed by atoms with Gasteiger partial charge in [-0.05, 0) is 31.7 Å².